The number of ketones is 3. The molecule has 2 rings (SSSR count). The van der Waals surface area contributed by atoms with Crippen LogP contribution in [0.15, 0.2) is 57.4 Å². The Hall–Kier alpha value is -2.86. The highest BCUT2D eigenvalue weighted by Crippen LogP contribution is 2.48. The van der Waals surface area contributed by atoms with E-state index in [1.807, 2.05) is 20.8 Å². The van der Waals surface area contributed by atoms with E-state index in [0.717, 1.165) is 17.6 Å². The Morgan fingerprint density at radius 2 is 1.56 bits per heavy atom. The second kappa shape index (κ2) is 10.2. The third-order valence-electron chi connectivity index (χ3n) is 6.21. The Bertz CT molecular complexity index is 1160. The third kappa shape index (κ3) is 4.69. The van der Waals surface area contributed by atoms with E-state index in [4.69, 9.17) is 11.6 Å². The number of hydrogen-bond acceptors (Lipinski definition) is 5. The molecule has 0 saturated heterocycles. The van der Waals surface area contributed by atoms with Crippen LogP contribution in [0.3, 0.4) is 0 Å². The molecular weight excluding hydrogens is 456 g/mol. The van der Waals surface area contributed by atoms with Crippen molar-refractivity contribution in [3.8, 4) is 0 Å². The van der Waals surface area contributed by atoms with E-state index in [1.54, 1.807) is 26.0 Å². The van der Waals surface area contributed by atoms with Crippen LogP contribution in [0.2, 0.25) is 0 Å². The van der Waals surface area contributed by atoms with E-state index >= 15 is 0 Å². The van der Waals surface area contributed by atoms with Crippen LogP contribution in [0, 0.1) is 0 Å². The number of aliphatic hydroxyl groups is 2. The molecular formula is C26H31ClN2O5. The van der Waals surface area contributed by atoms with Gasteiger partial charge in [0.05, 0.1) is 5.57 Å². The molecule has 0 aromatic rings. The van der Waals surface area contributed by atoms with Crippen LogP contribution in [0.4, 0.5) is 0 Å². The minimum Gasteiger partial charge on any atom is -0.507 e. The highest BCUT2D eigenvalue weighted by atomic mass is 35.5. The van der Waals surface area contributed by atoms with Gasteiger partial charge in [-0.05, 0) is 60.8 Å². The maximum Gasteiger partial charge on any atom is 0.374 e. The van der Waals surface area contributed by atoms with Gasteiger partial charge in [0, 0.05) is 12.0 Å². The first-order chi connectivity index (χ1) is 15.7. The summed E-state index contributed by atoms with van der Waals surface area (Å²) in [4.78, 5) is 40.7. The number of Topliss-reactive ketones (excluding diaryl/α,β-unsaturated/α-hetero) is 3. The van der Waals surface area contributed by atoms with Gasteiger partial charge in [0.15, 0.2) is 11.4 Å². The predicted molar refractivity (Wildman–Crippen MR) is 131 cm³/mol. The van der Waals surface area contributed by atoms with Crippen LogP contribution in [0.25, 0.3) is 5.53 Å². The monoisotopic (exact) mass is 486 g/mol. The van der Waals surface area contributed by atoms with Crippen molar-refractivity contribution in [2.24, 2.45) is 0 Å². The first kappa shape index (κ1) is 27.4. The molecule has 0 fully saturated rings. The first-order valence-corrected chi connectivity index (χ1v) is 11.5. The first-order valence-electron chi connectivity index (χ1n) is 11.1. The fourth-order valence-corrected chi connectivity index (χ4v) is 4.34. The summed E-state index contributed by atoms with van der Waals surface area (Å²) in [6, 6.07) is 0. The minimum absolute atomic E-state index is 0.189. The molecule has 8 heteroatoms. The van der Waals surface area contributed by atoms with Gasteiger partial charge in [-0.25, -0.2) is 0 Å². The normalized spacial score (nSPS) is 25.4. The van der Waals surface area contributed by atoms with Crippen LogP contribution in [-0.2, 0) is 14.4 Å². The molecule has 2 atom stereocenters. The minimum atomic E-state index is -2.45. The van der Waals surface area contributed by atoms with Crippen LogP contribution in [0.5, 0.6) is 0 Å². The summed E-state index contributed by atoms with van der Waals surface area (Å²) in [5, 5.41) is 22.3. The van der Waals surface area contributed by atoms with Crippen LogP contribution in [0.1, 0.15) is 67.2 Å². The van der Waals surface area contributed by atoms with Gasteiger partial charge >= 0.3 is 5.71 Å². The summed E-state index contributed by atoms with van der Waals surface area (Å²) in [5.41, 5.74) is 7.78. The number of allylic oxidation sites excluding steroid dienone is 7. The molecule has 0 aromatic carbocycles. The SMILES string of the molecule is CC(C)=CCC/C(C)=C/CC1(O)C(=O)C2=C(C(=O)C1(Cl)CC=C(C)C)C(O)=C(C)C(=O)C2=[N+]=[N-]. The van der Waals surface area contributed by atoms with E-state index in [2.05, 4.69) is 10.9 Å². The molecule has 0 amide bonds. The Balaban J connectivity index is 2.72. The largest absolute Gasteiger partial charge is 0.507 e. The van der Waals surface area contributed by atoms with Crippen LogP contribution in [-0.4, -0.2) is 48.5 Å². The van der Waals surface area contributed by atoms with E-state index in [-0.39, 0.29) is 18.4 Å². The number of aliphatic hydroxyl groups excluding tert-OH is 1. The average molecular weight is 487 g/mol. The lowest BCUT2D eigenvalue weighted by Gasteiger charge is -2.44. The molecule has 2 aliphatic carbocycles. The lowest BCUT2D eigenvalue weighted by atomic mass is 9.64. The second-order valence-electron chi connectivity index (χ2n) is 9.38. The van der Waals surface area contributed by atoms with Gasteiger partial charge in [-0.3, -0.25) is 14.4 Å². The highest BCUT2D eigenvalue weighted by molar-refractivity contribution is 6.60. The summed E-state index contributed by atoms with van der Waals surface area (Å²) in [7, 11) is 0. The molecule has 0 aromatic heterocycles. The number of carbonyl (C=O) groups is 3. The lowest BCUT2D eigenvalue weighted by molar-refractivity contribution is -0.145. The van der Waals surface area contributed by atoms with Crippen molar-refractivity contribution in [1.82, 2.24) is 0 Å². The number of nitrogens with zero attached hydrogens (tertiary/aromatic N) is 2. The van der Waals surface area contributed by atoms with Crippen molar-refractivity contribution >= 4 is 34.7 Å². The van der Waals surface area contributed by atoms with E-state index in [0.29, 0.717) is 6.42 Å². The molecule has 0 aliphatic heterocycles. The summed E-state index contributed by atoms with van der Waals surface area (Å²) in [6.45, 7) is 10.6. The molecule has 0 radical (unpaired) electrons. The maximum absolute atomic E-state index is 13.7. The zero-order chi connectivity index (χ0) is 26.0. The summed E-state index contributed by atoms with van der Waals surface area (Å²) in [5.74, 6) is -3.58. The topological polar surface area (TPSA) is 128 Å². The number of carbonyl (C=O) groups excluding carboxylic acids is 3. The Morgan fingerprint density at radius 1 is 0.971 bits per heavy atom. The van der Waals surface area contributed by atoms with Crippen LogP contribution < -0.4 is 0 Å². The van der Waals surface area contributed by atoms with Crippen molar-refractivity contribution in [3.63, 3.8) is 0 Å². The molecule has 0 heterocycles. The van der Waals surface area contributed by atoms with Crippen molar-refractivity contribution in [2.45, 2.75) is 77.7 Å². The Kier molecular flexibility index (Phi) is 8.20. The van der Waals surface area contributed by atoms with Gasteiger partial charge in [-0.15, -0.1) is 11.6 Å². The third-order valence-corrected chi connectivity index (χ3v) is 6.85. The van der Waals surface area contributed by atoms with Crippen molar-refractivity contribution in [3.05, 3.63) is 63.0 Å². The van der Waals surface area contributed by atoms with Gasteiger partial charge in [-0.2, -0.15) is 4.79 Å². The maximum atomic E-state index is 13.7. The quantitative estimate of drug-likeness (QED) is 0.178. The van der Waals surface area contributed by atoms with Crippen molar-refractivity contribution in [1.29, 1.82) is 0 Å². The zero-order valence-electron chi connectivity index (χ0n) is 20.5. The standard InChI is InChI=1S/C26H31ClN2O5/c1-14(2)8-7-9-16(5)11-13-26(34)24(33)18-19(21(30)17(6)22(31)20(18)29-28)23(32)25(26,27)12-10-15(3)4/h8,10-11,30,34H,7,9,12-13H2,1-6H3/b16-11+. The number of rotatable bonds is 7. The smallest absolute Gasteiger partial charge is 0.374 e. The van der Waals surface area contributed by atoms with Gasteiger partial charge in [0.2, 0.25) is 5.78 Å². The molecule has 182 valence electrons. The van der Waals surface area contributed by atoms with Gasteiger partial charge in [-0.1, -0.05) is 34.9 Å². The van der Waals surface area contributed by atoms with E-state index in [9.17, 15) is 30.1 Å². The highest BCUT2D eigenvalue weighted by Gasteiger charge is 2.66. The molecule has 0 spiro atoms. The fraction of sp³-hybridized carbons (Fsp3) is 0.462. The zero-order valence-corrected chi connectivity index (χ0v) is 21.2. The number of hydrogen-bond donors (Lipinski definition) is 2. The summed E-state index contributed by atoms with van der Waals surface area (Å²) in [6.07, 6.45) is 6.29. The van der Waals surface area contributed by atoms with Gasteiger partial charge in [0.1, 0.15) is 16.2 Å². The molecule has 0 bridgehead atoms. The van der Waals surface area contributed by atoms with Crippen molar-refractivity contribution < 1.29 is 29.4 Å². The Morgan fingerprint density at radius 3 is 2.09 bits per heavy atom. The second-order valence-corrected chi connectivity index (χ2v) is 10.0. The predicted octanol–water partition coefficient (Wildman–Crippen LogP) is 4.67. The van der Waals surface area contributed by atoms with Gasteiger partial charge < -0.3 is 15.7 Å². The number of alkyl halides is 1. The van der Waals surface area contributed by atoms with E-state index in [1.165, 1.54) is 12.5 Å². The molecule has 2 unspecified atom stereocenters. The summed E-state index contributed by atoms with van der Waals surface area (Å²) >= 11 is 6.80. The molecule has 2 aliphatic rings. The Labute approximate surface area is 204 Å². The van der Waals surface area contributed by atoms with Crippen LogP contribution >= 0.6 is 11.6 Å². The lowest BCUT2D eigenvalue weighted by Crippen LogP contribution is -2.65. The molecule has 0 saturated carbocycles. The number of halogens is 1. The van der Waals surface area contributed by atoms with Crippen molar-refractivity contribution in [2.75, 3.05) is 0 Å². The van der Waals surface area contributed by atoms with E-state index < -0.39 is 50.4 Å². The fourth-order valence-electron chi connectivity index (χ4n) is 4.01. The molecule has 34 heavy (non-hydrogen) atoms. The summed E-state index contributed by atoms with van der Waals surface area (Å²) < 4.78 is 0. The molecule has 2 N–H and O–H groups in total. The van der Waals surface area contributed by atoms with Gasteiger partial charge in [0.25, 0.3) is 5.78 Å². The molecule has 7 nitrogen and oxygen atoms in total. The average Bonchev–Trinajstić information content (AvgIpc) is 2.77.